The Kier molecular flexibility index (Phi) is 5.77. The molecule has 0 bridgehead atoms. The van der Waals surface area contributed by atoms with E-state index >= 15 is 0 Å². The summed E-state index contributed by atoms with van der Waals surface area (Å²) in [4.78, 5) is 25.2. The quantitative estimate of drug-likeness (QED) is 0.516. The number of carbonyl (C=O) groups excluding carboxylic acids is 2. The Morgan fingerprint density at radius 3 is 2.49 bits per heavy atom. The molecule has 0 atom stereocenters. The molecule has 0 spiro atoms. The van der Waals surface area contributed by atoms with Crippen molar-refractivity contribution in [3.05, 3.63) is 77.9 Å². The van der Waals surface area contributed by atoms with E-state index in [0.29, 0.717) is 24.5 Å². The van der Waals surface area contributed by atoms with Crippen LogP contribution in [0.1, 0.15) is 24.0 Å². The Morgan fingerprint density at radius 2 is 1.73 bits per heavy atom. The molecule has 8 nitrogen and oxygen atoms in total. The van der Waals surface area contributed by atoms with Crippen molar-refractivity contribution in [3.63, 3.8) is 0 Å². The van der Waals surface area contributed by atoms with Crippen molar-refractivity contribution < 1.29 is 27.5 Å². The molecule has 1 saturated heterocycles. The van der Waals surface area contributed by atoms with Crippen LogP contribution in [0.2, 0.25) is 0 Å². The van der Waals surface area contributed by atoms with Gasteiger partial charge in [0.05, 0.1) is 16.9 Å². The summed E-state index contributed by atoms with van der Waals surface area (Å²) < 4.78 is 38.0. The van der Waals surface area contributed by atoms with Crippen molar-refractivity contribution in [2.75, 3.05) is 26.4 Å². The van der Waals surface area contributed by atoms with Gasteiger partial charge in [-0.15, -0.1) is 0 Å². The molecule has 6 rings (SSSR count). The maximum atomic E-state index is 13.4. The number of piperazine rings is 1. The van der Waals surface area contributed by atoms with Crippen molar-refractivity contribution in [1.82, 2.24) is 9.62 Å². The lowest BCUT2D eigenvalue weighted by molar-refractivity contribution is -0.122. The summed E-state index contributed by atoms with van der Waals surface area (Å²) in [6.07, 6.45) is 1.95. The number of nitrogens with one attached hydrogen (secondary N) is 1. The second-order valence-corrected chi connectivity index (χ2v) is 11.6. The van der Waals surface area contributed by atoms with Crippen LogP contribution in [-0.4, -0.2) is 50.8 Å². The van der Waals surface area contributed by atoms with Gasteiger partial charge in [0.25, 0.3) is 0 Å². The number of rotatable bonds is 7. The van der Waals surface area contributed by atoms with E-state index in [9.17, 15) is 18.0 Å². The van der Waals surface area contributed by atoms with Crippen LogP contribution in [0.4, 0.5) is 0 Å². The lowest BCUT2D eigenvalue weighted by atomic mass is 9.87. The van der Waals surface area contributed by atoms with Gasteiger partial charge in [0.1, 0.15) is 5.78 Å². The molecule has 2 aliphatic heterocycles. The number of ether oxygens (including phenoxy) is 2. The van der Waals surface area contributed by atoms with E-state index < -0.39 is 15.4 Å². The fourth-order valence-corrected chi connectivity index (χ4v) is 6.45. The first kappa shape index (κ1) is 23.7. The number of nitrogens with zero attached hydrogens (tertiary/aromatic N) is 1. The molecular weight excluding hydrogens is 492 g/mol. The van der Waals surface area contributed by atoms with Gasteiger partial charge in [-0.05, 0) is 59.4 Å². The van der Waals surface area contributed by atoms with Gasteiger partial charge in [-0.2, -0.15) is 4.31 Å². The maximum absolute atomic E-state index is 13.4. The highest BCUT2D eigenvalue weighted by molar-refractivity contribution is 7.89. The van der Waals surface area contributed by atoms with Crippen LogP contribution in [-0.2, 0) is 31.4 Å². The molecule has 3 aliphatic rings. The van der Waals surface area contributed by atoms with E-state index in [1.54, 1.807) is 24.3 Å². The Balaban J connectivity index is 1.18. The largest absolute Gasteiger partial charge is 0.454 e. The first-order valence-corrected chi connectivity index (χ1v) is 13.7. The summed E-state index contributed by atoms with van der Waals surface area (Å²) in [5.41, 5.74) is 3.16. The zero-order chi connectivity index (χ0) is 25.6. The Hall–Kier alpha value is -3.69. The average Bonchev–Trinajstić information content (AvgIpc) is 3.59. The maximum Gasteiger partial charge on any atom is 0.243 e. The van der Waals surface area contributed by atoms with Crippen molar-refractivity contribution in [1.29, 1.82) is 0 Å². The lowest BCUT2D eigenvalue weighted by Gasteiger charge is -2.25. The zero-order valence-corrected chi connectivity index (χ0v) is 20.9. The average molecular weight is 519 g/mol. The first-order valence-electron chi connectivity index (χ1n) is 12.2. The predicted octanol–water partition coefficient (Wildman–Crippen LogP) is 3.05. The molecule has 37 heavy (non-hydrogen) atoms. The van der Waals surface area contributed by atoms with Gasteiger partial charge in [0.15, 0.2) is 11.5 Å². The van der Waals surface area contributed by atoms with Crippen LogP contribution in [0.25, 0.3) is 11.1 Å². The standard InChI is InChI=1S/C28H26N2O6S/c31-26(28(10-11-28)22-6-9-24-25(16-22)36-18-35-24)15-19-2-1-3-21(14-19)20-4-7-23(8-5-20)37(33,34)30-13-12-29-27(32)17-30/h1-9,14,16H,10-13,15,17-18H2,(H,29,32). The normalized spacial score (nSPS) is 18.3. The number of amides is 1. The number of carbonyl (C=O) groups is 2. The summed E-state index contributed by atoms with van der Waals surface area (Å²) in [6, 6.07) is 20.2. The second-order valence-electron chi connectivity index (χ2n) is 9.66. The van der Waals surface area contributed by atoms with E-state index in [0.717, 1.165) is 35.1 Å². The van der Waals surface area contributed by atoms with Crippen LogP contribution in [0.3, 0.4) is 0 Å². The fraction of sp³-hybridized carbons (Fsp3) is 0.286. The Bertz CT molecular complexity index is 1500. The number of hydrogen-bond acceptors (Lipinski definition) is 6. The lowest BCUT2D eigenvalue weighted by Crippen LogP contribution is -2.49. The smallest absolute Gasteiger partial charge is 0.243 e. The number of sulfonamides is 1. The summed E-state index contributed by atoms with van der Waals surface area (Å²) in [5, 5.41) is 2.64. The number of benzene rings is 3. The van der Waals surface area contributed by atoms with Crippen LogP contribution in [0, 0.1) is 0 Å². The predicted molar refractivity (Wildman–Crippen MR) is 136 cm³/mol. The highest BCUT2D eigenvalue weighted by Gasteiger charge is 2.50. The number of ketones is 1. The molecule has 0 unspecified atom stereocenters. The van der Waals surface area contributed by atoms with Crippen LogP contribution < -0.4 is 14.8 Å². The van der Waals surface area contributed by atoms with Gasteiger partial charge in [-0.1, -0.05) is 42.5 Å². The number of hydrogen-bond donors (Lipinski definition) is 1. The zero-order valence-electron chi connectivity index (χ0n) is 20.1. The molecule has 190 valence electrons. The van der Waals surface area contributed by atoms with Crippen molar-refractivity contribution in [3.8, 4) is 22.6 Å². The molecule has 2 fully saturated rings. The molecular formula is C28H26N2O6S. The van der Waals surface area contributed by atoms with E-state index in [1.807, 2.05) is 42.5 Å². The van der Waals surface area contributed by atoms with Gasteiger partial charge >= 0.3 is 0 Å². The molecule has 0 aromatic heterocycles. The summed E-state index contributed by atoms with van der Waals surface area (Å²) in [6.45, 7) is 0.583. The monoisotopic (exact) mass is 518 g/mol. The van der Waals surface area contributed by atoms with Crippen LogP contribution >= 0.6 is 0 Å². The topological polar surface area (TPSA) is 102 Å². The molecule has 2 heterocycles. The highest BCUT2D eigenvalue weighted by atomic mass is 32.2. The second kappa shape index (κ2) is 9.00. The van der Waals surface area contributed by atoms with E-state index in [1.165, 1.54) is 4.31 Å². The van der Waals surface area contributed by atoms with Gasteiger partial charge in [0.2, 0.25) is 22.7 Å². The van der Waals surface area contributed by atoms with Gasteiger partial charge < -0.3 is 14.8 Å². The third-order valence-electron chi connectivity index (χ3n) is 7.33. The minimum absolute atomic E-state index is 0.150. The highest BCUT2D eigenvalue weighted by Crippen LogP contribution is 2.51. The van der Waals surface area contributed by atoms with Gasteiger partial charge in [-0.3, -0.25) is 9.59 Å². The minimum atomic E-state index is -3.75. The van der Waals surface area contributed by atoms with Crippen molar-refractivity contribution in [2.24, 2.45) is 0 Å². The molecule has 1 N–H and O–H groups in total. The third kappa shape index (κ3) is 4.38. The van der Waals surface area contributed by atoms with E-state index in [2.05, 4.69) is 5.32 Å². The molecule has 0 radical (unpaired) electrons. The van der Waals surface area contributed by atoms with Crippen LogP contribution in [0.5, 0.6) is 11.5 Å². The Labute approximate surface area is 215 Å². The molecule has 3 aromatic carbocycles. The summed E-state index contributed by atoms with van der Waals surface area (Å²) >= 11 is 0. The van der Waals surface area contributed by atoms with Gasteiger partial charge in [-0.25, -0.2) is 8.42 Å². The van der Waals surface area contributed by atoms with E-state index in [4.69, 9.17) is 9.47 Å². The number of fused-ring (bicyclic) bond motifs is 1. The molecule has 9 heteroatoms. The van der Waals surface area contributed by atoms with Crippen molar-refractivity contribution in [2.45, 2.75) is 29.6 Å². The van der Waals surface area contributed by atoms with E-state index in [-0.39, 0.29) is 36.5 Å². The summed E-state index contributed by atoms with van der Waals surface area (Å²) in [7, 11) is -3.75. The molecule has 3 aromatic rings. The Morgan fingerprint density at radius 1 is 0.946 bits per heavy atom. The molecule has 1 saturated carbocycles. The van der Waals surface area contributed by atoms with Gasteiger partial charge in [0, 0.05) is 19.5 Å². The first-order chi connectivity index (χ1) is 17.8. The molecule has 1 aliphatic carbocycles. The van der Waals surface area contributed by atoms with Crippen LogP contribution in [0.15, 0.2) is 71.6 Å². The minimum Gasteiger partial charge on any atom is -0.454 e. The fourth-order valence-electron chi connectivity index (χ4n) is 5.05. The SMILES string of the molecule is O=C1CN(S(=O)(=O)c2ccc(-c3cccc(CC(=O)C4(c5ccc6c(c5)OCO6)CC4)c3)cc2)CCN1. The third-order valence-corrected chi connectivity index (χ3v) is 9.19. The number of Topliss-reactive ketones (excluding diaryl/α,β-unsaturated/α-hetero) is 1. The molecule has 1 amide bonds. The summed E-state index contributed by atoms with van der Waals surface area (Å²) in [5.74, 6) is 1.27. The van der Waals surface area contributed by atoms with Crippen molar-refractivity contribution >= 4 is 21.7 Å².